The van der Waals surface area contributed by atoms with Crippen molar-refractivity contribution in [2.75, 3.05) is 11.9 Å². The molecule has 0 atom stereocenters. The van der Waals surface area contributed by atoms with Crippen molar-refractivity contribution in [2.45, 2.75) is 6.92 Å². The first-order valence-corrected chi connectivity index (χ1v) is 5.54. The molecule has 0 fully saturated rings. The summed E-state index contributed by atoms with van der Waals surface area (Å²) in [4.78, 5) is 30.7. The van der Waals surface area contributed by atoms with Crippen LogP contribution in [-0.2, 0) is 4.74 Å². The van der Waals surface area contributed by atoms with E-state index in [9.17, 15) is 9.59 Å². The van der Waals surface area contributed by atoms with Crippen LogP contribution in [0.2, 0.25) is 0 Å². The second kappa shape index (κ2) is 5.76. The molecule has 2 aromatic heterocycles. The average molecular weight is 261 g/mol. The van der Waals surface area contributed by atoms with E-state index in [0.29, 0.717) is 5.56 Å². The Hall–Kier alpha value is -2.70. The zero-order chi connectivity index (χ0) is 13.7. The smallest absolute Gasteiger partial charge is 0.360 e. The van der Waals surface area contributed by atoms with Gasteiger partial charge in [0, 0.05) is 18.0 Å². The van der Waals surface area contributed by atoms with Gasteiger partial charge >= 0.3 is 12.0 Å². The maximum Gasteiger partial charge on any atom is 0.360 e. The molecule has 2 rings (SSSR count). The monoisotopic (exact) mass is 261 g/mol. The summed E-state index contributed by atoms with van der Waals surface area (Å²) >= 11 is 0. The predicted molar refractivity (Wildman–Crippen MR) is 64.6 cm³/mol. The van der Waals surface area contributed by atoms with Crippen LogP contribution in [0.1, 0.15) is 27.8 Å². The van der Waals surface area contributed by atoms with Gasteiger partial charge in [0.2, 0.25) is 0 Å². The molecular weight excluding hydrogens is 250 g/mol. The van der Waals surface area contributed by atoms with E-state index in [1.165, 1.54) is 12.4 Å². The van der Waals surface area contributed by atoms with E-state index in [0.717, 1.165) is 6.26 Å². The second-order valence-corrected chi connectivity index (χ2v) is 3.45. The number of amides is 1. The number of aromatic nitrogens is 2. The number of rotatable bonds is 4. The van der Waals surface area contributed by atoms with Crippen LogP contribution in [0.5, 0.6) is 0 Å². The third kappa shape index (κ3) is 3.15. The van der Waals surface area contributed by atoms with Gasteiger partial charge in [-0.05, 0) is 19.1 Å². The summed E-state index contributed by atoms with van der Waals surface area (Å²) < 4.78 is 9.71. The van der Waals surface area contributed by atoms with E-state index in [-0.39, 0.29) is 18.3 Å². The highest BCUT2D eigenvalue weighted by molar-refractivity contribution is 6.03. The van der Waals surface area contributed by atoms with Crippen molar-refractivity contribution in [3.05, 3.63) is 42.0 Å². The van der Waals surface area contributed by atoms with Crippen molar-refractivity contribution in [3.63, 3.8) is 0 Å². The molecule has 0 aliphatic carbocycles. The van der Waals surface area contributed by atoms with E-state index in [1.54, 1.807) is 19.1 Å². The fourth-order valence-corrected chi connectivity index (χ4v) is 1.30. The summed E-state index contributed by atoms with van der Waals surface area (Å²) in [6.07, 6.45) is 4.11. The van der Waals surface area contributed by atoms with Crippen molar-refractivity contribution in [1.82, 2.24) is 9.97 Å². The van der Waals surface area contributed by atoms with Gasteiger partial charge in [0.15, 0.2) is 5.69 Å². The van der Waals surface area contributed by atoms with E-state index in [1.807, 2.05) is 0 Å². The van der Waals surface area contributed by atoms with E-state index in [2.05, 4.69) is 15.3 Å². The molecule has 1 amide bonds. The summed E-state index contributed by atoms with van der Waals surface area (Å²) in [5, 5.41) is 2.42. The Kier molecular flexibility index (Phi) is 3.87. The predicted octanol–water partition coefficient (Wildman–Crippen LogP) is 1.50. The van der Waals surface area contributed by atoms with Gasteiger partial charge in [0.1, 0.15) is 6.26 Å². The number of ether oxygens (including phenoxy) is 1. The van der Waals surface area contributed by atoms with Crippen molar-refractivity contribution >= 4 is 17.9 Å². The molecule has 0 aliphatic heterocycles. The number of carbonyl (C=O) groups is 2. The molecule has 98 valence electrons. The molecular formula is C12H11N3O4. The highest BCUT2D eigenvalue weighted by Gasteiger charge is 2.15. The quantitative estimate of drug-likeness (QED) is 0.838. The van der Waals surface area contributed by atoms with Crippen LogP contribution in [0.3, 0.4) is 0 Å². The summed E-state index contributed by atoms with van der Waals surface area (Å²) in [7, 11) is 0. The number of anilines is 1. The van der Waals surface area contributed by atoms with Crippen molar-refractivity contribution in [3.8, 4) is 0 Å². The molecule has 0 spiro atoms. The summed E-state index contributed by atoms with van der Waals surface area (Å²) in [6.45, 7) is 1.93. The lowest BCUT2D eigenvalue weighted by atomic mass is 10.2. The lowest BCUT2D eigenvalue weighted by Crippen LogP contribution is -2.12. The molecule has 0 aliphatic rings. The van der Waals surface area contributed by atoms with Crippen LogP contribution in [0.15, 0.2) is 35.2 Å². The molecule has 0 saturated carbocycles. The maximum atomic E-state index is 11.8. The zero-order valence-corrected chi connectivity index (χ0v) is 10.1. The first-order chi connectivity index (χ1) is 9.20. The number of oxazole rings is 1. The van der Waals surface area contributed by atoms with Crippen LogP contribution in [-0.4, -0.2) is 28.5 Å². The number of nitrogens with one attached hydrogen (secondary N) is 1. The lowest BCUT2D eigenvalue weighted by Gasteiger charge is -1.99. The van der Waals surface area contributed by atoms with Crippen LogP contribution in [0.4, 0.5) is 6.01 Å². The molecule has 2 heterocycles. The molecule has 7 heteroatoms. The van der Waals surface area contributed by atoms with Gasteiger partial charge in [-0.15, -0.1) is 0 Å². The largest absolute Gasteiger partial charge is 0.461 e. The third-order valence-corrected chi connectivity index (χ3v) is 2.15. The highest BCUT2D eigenvalue weighted by atomic mass is 16.5. The minimum atomic E-state index is -0.601. The van der Waals surface area contributed by atoms with Crippen LogP contribution < -0.4 is 5.32 Å². The number of esters is 1. The standard InChI is InChI=1S/C12H11N3O4/c1-2-18-11(17)9-7-19-12(14-9)15-10(16)8-3-5-13-6-4-8/h3-7H,2H2,1H3,(H,14,15,16). The normalized spacial score (nSPS) is 9.95. The van der Waals surface area contributed by atoms with E-state index >= 15 is 0 Å². The Morgan fingerprint density at radius 3 is 2.79 bits per heavy atom. The molecule has 0 aromatic carbocycles. The average Bonchev–Trinajstić information content (AvgIpc) is 2.88. The van der Waals surface area contributed by atoms with Gasteiger partial charge in [-0.2, -0.15) is 4.98 Å². The Morgan fingerprint density at radius 2 is 2.11 bits per heavy atom. The number of nitrogens with zero attached hydrogens (tertiary/aromatic N) is 2. The van der Waals surface area contributed by atoms with Crippen LogP contribution >= 0.6 is 0 Å². The summed E-state index contributed by atoms with van der Waals surface area (Å²) in [6, 6.07) is 3.03. The van der Waals surface area contributed by atoms with Gasteiger partial charge in [0.05, 0.1) is 6.61 Å². The molecule has 0 saturated heterocycles. The van der Waals surface area contributed by atoms with Gasteiger partial charge in [-0.3, -0.25) is 15.1 Å². The van der Waals surface area contributed by atoms with Gasteiger partial charge in [0.25, 0.3) is 5.91 Å². The molecule has 19 heavy (non-hydrogen) atoms. The van der Waals surface area contributed by atoms with Gasteiger partial charge in [-0.25, -0.2) is 4.79 Å². The minimum absolute atomic E-state index is 0.00637. The molecule has 7 nitrogen and oxygen atoms in total. The zero-order valence-electron chi connectivity index (χ0n) is 10.1. The number of hydrogen-bond donors (Lipinski definition) is 1. The third-order valence-electron chi connectivity index (χ3n) is 2.15. The van der Waals surface area contributed by atoms with E-state index < -0.39 is 11.9 Å². The highest BCUT2D eigenvalue weighted by Crippen LogP contribution is 2.10. The van der Waals surface area contributed by atoms with Gasteiger partial charge < -0.3 is 9.15 Å². The lowest BCUT2D eigenvalue weighted by molar-refractivity contribution is 0.0519. The fourth-order valence-electron chi connectivity index (χ4n) is 1.30. The maximum absolute atomic E-state index is 11.8. The first kappa shape index (κ1) is 12.7. The fraction of sp³-hybridized carbons (Fsp3) is 0.167. The number of hydrogen-bond acceptors (Lipinski definition) is 6. The number of carbonyl (C=O) groups excluding carboxylic acids is 2. The topological polar surface area (TPSA) is 94.3 Å². The Balaban J connectivity index is 2.04. The molecule has 0 radical (unpaired) electrons. The SMILES string of the molecule is CCOC(=O)c1coc(NC(=O)c2ccncc2)n1. The van der Waals surface area contributed by atoms with Crippen molar-refractivity contribution in [2.24, 2.45) is 0 Å². The Morgan fingerprint density at radius 1 is 1.37 bits per heavy atom. The van der Waals surface area contributed by atoms with Crippen LogP contribution in [0, 0.1) is 0 Å². The Bertz CT molecular complexity index is 580. The molecule has 2 aromatic rings. The van der Waals surface area contributed by atoms with E-state index in [4.69, 9.17) is 9.15 Å². The summed E-state index contributed by atoms with van der Waals surface area (Å²) in [5.41, 5.74) is 0.415. The Labute approximate surface area is 108 Å². The second-order valence-electron chi connectivity index (χ2n) is 3.45. The van der Waals surface area contributed by atoms with Crippen LogP contribution in [0.25, 0.3) is 0 Å². The molecule has 1 N–H and O–H groups in total. The van der Waals surface area contributed by atoms with Crippen molar-refractivity contribution < 1.29 is 18.7 Å². The minimum Gasteiger partial charge on any atom is -0.461 e. The first-order valence-electron chi connectivity index (χ1n) is 5.54. The van der Waals surface area contributed by atoms with Crippen molar-refractivity contribution in [1.29, 1.82) is 0 Å². The number of pyridine rings is 1. The van der Waals surface area contributed by atoms with Gasteiger partial charge in [-0.1, -0.05) is 0 Å². The summed E-state index contributed by atoms with van der Waals surface area (Å²) in [5.74, 6) is -1.00. The molecule has 0 bridgehead atoms. The molecule has 0 unspecified atom stereocenters.